The highest BCUT2D eigenvalue weighted by Crippen LogP contribution is 2.32. The van der Waals surface area contributed by atoms with Crippen molar-refractivity contribution in [1.82, 2.24) is 24.3 Å². The smallest absolute Gasteiger partial charge is 0.239 e. The first-order valence-corrected chi connectivity index (χ1v) is 11.8. The summed E-state index contributed by atoms with van der Waals surface area (Å²) in [6.45, 7) is 9.13. The van der Waals surface area contributed by atoms with Crippen molar-refractivity contribution in [2.45, 2.75) is 13.2 Å². The molecule has 3 aliphatic rings. The van der Waals surface area contributed by atoms with Crippen molar-refractivity contribution in [3.8, 4) is 22.8 Å². The maximum absolute atomic E-state index is 6.00. The fourth-order valence-corrected chi connectivity index (χ4v) is 4.77. The van der Waals surface area contributed by atoms with Crippen LogP contribution in [0.25, 0.3) is 16.9 Å². The fourth-order valence-electron chi connectivity index (χ4n) is 4.77. The van der Waals surface area contributed by atoms with E-state index < -0.39 is 0 Å². The van der Waals surface area contributed by atoms with E-state index in [2.05, 4.69) is 68.9 Å². The van der Waals surface area contributed by atoms with E-state index in [0.717, 1.165) is 87.5 Å². The van der Waals surface area contributed by atoms with Crippen LogP contribution < -0.4 is 9.64 Å². The van der Waals surface area contributed by atoms with Crippen LogP contribution in [0.1, 0.15) is 11.5 Å². The molecule has 2 aromatic heterocycles. The number of nitrogens with zero attached hydrogens (tertiary/aromatic N) is 6. The highest BCUT2D eigenvalue weighted by Gasteiger charge is 2.22. The maximum atomic E-state index is 6.00. The van der Waals surface area contributed by atoms with Gasteiger partial charge in [-0.2, -0.15) is 0 Å². The lowest BCUT2D eigenvalue weighted by atomic mass is 10.1. The summed E-state index contributed by atoms with van der Waals surface area (Å²) in [7, 11) is 2.18. The lowest BCUT2D eigenvalue weighted by Crippen LogP contribution is -2.44. The Hall–Kier alpha value is -2.94. The highest BCUT2D eigenvalue weighted by molar-refractivity contribution is 5.65. The van der Waals surface area contributed by atoms with Crippen LogP contribution >= 0.6 is 0 Å². The molecular formula is C25H30N6O2. The number of ether oxygens (including phenoxy) is 2. The molecule has 1 aromatic carbocycles. The molecule has 172 valence electrons. The molecule has 0 bridgehead atoms. The first kappa shape index (κ1) is 20.7. The van der Waals surface area contributed by atoms with Gasteiger partial charge in [-0.25, -0.2) is 9.97 Å². The third-order valence-electron chi connectivity index (χ3n) is 6.79. The van der Waals surface area contributed by atoms with Crippen molar-refractivity contribution < 1.29 is 9.47 Å². The Morgan fingerprint density at radius 1 is 0.879 bits per heavy atom. The van der Waals surface area contributed by atoms with Gasteiger partial charge in [-0.15, -0.1) is 0 Å². The van der Waals surface area contributed by atoms with E-state index in [-0.39, 0.29) is 0 Å². The van der Waals surface area contributed by atoms with E-state index in [4.69, 9.17) is 19.4 Å². The van der Waals surface area contributed by atoms with Gasteiger partial charge in [0.05, 0.1) is 24.6 Å². The number of likely N-dealkylation sites (N-methyl/N-ethyl adjacent to an activating group) is 1. The monoisotopic (exact) mass is 446 g/mol. The third kappa shape index (κ3) is 4.21. The van der Waals surface area contributed by atoms with Crippen LogP contribution in [0, 0.1) is 0 Å². The molecule has 0 saturated carbocycles. The lowest BCUT2D eigenvalue weighted by molar-refractivity contribution is 0.0337. The van der Waals surface area contributed by atoms with Crippen molar-refractivity contribution in [3.05, 3.63) is 54.1 Å². The molecule has 3 aromatic rings. The Morgan fingerprint density at radius 2 is 1.67 bits per heavy atom. The minimum Gasteiger partial charge on any atom is -0.468 e. The molecule has 2 saturated heterocycles. The van der Waals surface area contributed by atoms with Crippen LogP contribution in [0.3, 0.4) is 0 Å². The van der Waals surface area contributed by atoms with Gasteiger partial charge in [-0.3, -0.25) is 9.47 Å². The van der Waals surface area contributed by atoms with Crippen molar-refractivity contribution in [2.75, 3.05) is 64.4 Å². The second-order valence-electron chi connectivity index (χ2n) is 9.05. The van der Waals surface area contributed by atoms with Gasteiger partial charge in [0.2, 0.25) is 5.88 Å². The number of morpholine rings is 1. The highest BCUT2D eigenvalue weighted by atomic mass is 16.5. The van der Waals surface area contributed by atoms with E-state index in [0.29, 0.717) is 12.5 Å². The minimum absolute atomic E-state index is 0.439. The summed E-state index contributed by atoms with van der Waals surface area (Å²) >= 11 is 0. The molecule has 6 rings (SSSR count). The van der Waals surface area contributed by atoms with E-state index in [1.54, 1.807) is 0 Å². The van der Waals surface area contributed by atoms with E-state index in [1.807, 2.05) is 0 Å². The Morgan fingerprint density at radius 3 is 2.45 bits per heavy atom. The molecule has 0 aliphatic carbocycles. The number of benzene rings is 1. The largest absolute Gasteiger partial charge is 0.468 e. The van der Waals surface area contributed by atoms with E-state index in [9.17, 15) is 0 Å². The van der Waals surface area contributed by atoms with Crippen molar-refractivity contribution in [3.63, 3.8) is 0 Å². The summed E-state index contributed by atoms with van der Waals surface area (Å²) < 4.78 is 13.6. The SMILES string of the molecule is CN1CCN(c2ccc(-c3ccc4c(n3)OCc3nc(CN5CCOCC5)cn3-4)cc2)CC1. The van der Waals surface area contributed by atoms with Gasteiger partial charge < -0.3 is 19.3 Å². The molecule has 2 fully saturated rings. The number of aromatic nitrogens is 3. The van der Waals surface area contributed by atoms with Crippen LogP contribution in [0.4, 0.5) is 5.69 Å². The molecule has 0 amide bonds. The second kappa shape index (κ2) is 8.78. The van der Waals surface area contributed by atoms with Crippen LogP contribution in [0.2, 0.25) is 0 Å². The third-order valence-corrected chi connectivity index (χ3v) is 6.79. The summed E-state index contributed by atoms with van der Waals surface area (Å²) in [6.07, 6.45) is 2.12. The molecule has 0 radical (unpaired) electrons. The number of anilines is 1. The summed E-state index contributed by atoms with van der Waals surface area (Å²) in [4.78, 5) is 16.8. The molecule has 33 heavy (non-hydrogen) atoms. The Bertz CT molecular complexity index is 1110. The van der Waals surface area contributed by atoms with Crippen molar-refractivity contribution in [1.29, 1.82) is 0 Å². The zero-order chi connectivity index (χ0) is 22.2. The lowest BCUT2D eigenvalue weighted by Gasteiger charge is -2.34. The molecule has 8 nitrogen and oxygen atoms in total. The number of piperazine rings is 1. The number of imidazole rings is 1. The molecule has 0 spiro atoms. The zero-order valence-electron chi connectivity index (χ0n) is 19.1. The Kier molecular flexibility index (Phi) is 5.49. The van der Waals surface area contributed by atoms with Crippen LogP contribution in [0.5, 0.6) is 5.88 Å². The van der Waals surface area contributed by atoms with Gasteiger partial charge in [0.1, 0.15) is 12.3 Å². The van der Waals surface area contributed by atoms with Gasteiger partial charge in [0.15, 0.2) is 5.82 Å². The van der Waals surface area contributed by atoms with Crippen LogP contribution in [-0.4, -0.2) is 83.9 Å². The number of hydrogen-bond acceptors (Lipinski definition) is 7. The van der Waals surface area contributed by atoms with Crippen molar-refractivity contribution >= 4 is 5.69 Å². The Balaban J connectivity index is 1.20. The summed E-state index contributed by atoms with van der Waals surface area (Å²) in [5, 5.41) is 0. The van der Waals surface area contributed by atoms with Gasteiger partial charge in [0, 0.05) is 63.3 Å². The predicted octanol–water partition coefficient (Wildman–Crippen LogP) is 2.41. The van der Waals surface area contributed by atoms with Crippen LogP contribution in [0.15, 0.2) is 42.6 Å². The fraction of sp³-hybridized carbons (Fsp3) is 0.440. The van der Waals surface area contributed by atoms with E-state index >= 15 is 0 Å². The van der Waals surface area contributed by atoms with E-state index in [1.165, 1.54) is 5.69 Å². The van der Waals surface area contributed by atoms with Gasteiger partial charge in [-0.1, -0.05) is 12.1 Å². The molecule has 0 atom stereocenters. The molecule has 0 unspecified atom stereocenters. The standard InChI is InChI=1S/C25H30N6O2/c1-28-8-10-30(11-9-28)21-4-2-19(3-5-21)22-6-7-23-25(27-22)33-18-24-26-20(17-31(23)24)16-29-12-14-32-15-13-29/h2-7,17H,8-16,18H2,1H3. The van der Waals surface area contributed by atoms with Gasteiger partial charge in [0.25, 0.3) is 0 Å². The van der Waals surface area contributed by atoms with Crippen molar-refractivity contribution in [2.24, 2.45) is 0 Å². The first-order valence-electron chi connectivity index (χ1n) is 11.8. The van der Waals surface area contributed by atoms with Gasteiger partial charge in [-0.05, 0) is 31.3 Å². The number of hydrogen-bond donors (Lipinski definition) is 0. The summed E-state index contributed by atoms with van der Waals surface area (Å²) in [5.74, 6) is 1.59. The molecule has 5 heterocycles. The van der Waals surface area contributed by atoms with Gasteiger partial charge >= 0.3 is 0 Å². The number of fused-ring (bicyclic) bond motifs is 3. The quantitative estimate of drug-likeness (QED) is 0.610. The summed E-state index contributed by atoms with van der Waals surface area (Å²) in [6, 6.07) is 12.9. The topological polar surface area (TPSA) is 58.9 Å². The molecule has 0 N–H and O–H groups in total. The minimum atomic E-state index is 0.439. The average molecular weight is 447 g/mol. The molecule has 8 heteroatoms. The zero-order valence-corrected chi connectivity index (χ0v) is 19.1. The number of pyridine rings is 1. The predicted molar refractivity (Wildman–Crippen MR) is 127 cm³/mol. The second-order valence-corrected chi connectivity index (χ2v) is 9.05. The molecule has 3 aliphatic heterocycles. The maximum Gasteiger partial charge on any atom is 0.239 e. The normalized spacial score (nSPS) is 19.1. The molecular weight excluding hydrogens is 416 g/mol. The number of rotatable bonds is 4. The first-order chi connectivity index (χ1) is 16.2. The Labute approximate surface area is 194 Å². The summed E-state index contributed by atoms with van der Waals surface area (Å²) in [5.41, 5.74) is 5.32. The average Bonchev–Trinajstić information content (AvgIpc) is 3.28. The van der Waals surface area contributed by atoms with Crippen LogP contribution in [-0.2, 0) is 17.9 Å².